The molecule has 90 valence electrons. The lowest BCUT2D eigenvalue weighted by Crippen LogP contribution is -2.17. The van der Waals surface area contributed by atoms with E-state index in [1.54, 1.807) is 11.5 Å². The number of aliphatic imine (C=N–C) groups is 1. The van der Waals surface area contributed by atoms with Gasteiger partial charge in [0.05, 0.1) is 11.6 Å². The van der Waals surface area contributed by atoms with Crippen LogP contribution in [0.3, 0.4) is 0 Å². The van der Waals surface area contributed by atoms with Crippen LogP contribution in [0.25, 0.3) is 0 Å². The fourth-order valence-electron chi connectivity index (χ4n) is 0.995. The van der Waals surface area contributed by atoms with Crippen LogP contribution >= 0.6 is 0 Å². The lowest BCUT2D eigenvalue weighted by molar-refractivity contribution is -0.274. The molecule has 0 saturated heterocycles. The second-order valence-corrected chi connectivity index (χ2v) is 2.73. The Morgan fingerprint density at radius 1 is 1.47 bits per heavy atom. The molecule has 0 spiro atoms. The Morgan fingerprint density at radius 2 is 2.18 bits per heavy atom. The van der Waals surface area contributed by atoms with Crippen LogP contribution in [0.2, 0.25) is 0 Å². The molecule has 0 heterocycles. The summed E-state index contributed by atoms with van der Waals surface area (Å²) in [7, 11) is 0. The van der Waals surface area contributed by atoms with Gasteiger partial charge in [0.1, 0.15) is 12.0 Å². The van der Waals surface area contributed by atoms with Gasteiger partial charge in [-0.15, -0.1) is 13.2 Å². The van der Waals surface area contributed by atoms with Gasteiger partial charge in [0.2, 0.25) is 0 Å². The maximum absolute atomic E-state index is 12.1. The van der Waals surface area contributed by atoms with Crippen LogP contribution < -0.4 is 10.2 Å². The van der Waals surface area contributed by atoms with Gasteiger partial charge in [-0.3, -0.25) is 10.7 Å². The van der Waals surface area contributed by atoms with Crippen molar-refractivity contribution in [2.45, 2.75) is 6.36 Å². The maximum Gasteiger partial charge on any atom is 0.573 e. The Hall–Kier alpha value is -2.27. The van der Waals surface area contributed by atoms with Crippen LogP contribution in [-0.2, 0) is 0 Å². The molecule has 1 aromatic rings. The minimum Gasteiger partial charge on any atom is -0.403 e. The molecular formula is C9H6F3N3O2. The van der Waals surface area contributed by atoms with Crippen molar-refractivity contribution < 1.29 is 23.1 Å². The van der Waals surface area contributed by atoms with Crippen molar-refractivity contribution in [1.29, 1.82) is 5.26 Å². The summed E-state index contributed by atoms with van der Waals surface area (Å²) in [6, 6.07) is 5.00. The number of nitrogens with zero attached hydrogens (tertiary/aromatic N) is 2. The monoisotopic (exact) mass is 245 g/mol. The predicted molar refractivity (Wildman–Crippen MR) is 50.9 cm³/mol. The molecule has 0 atom stereocenters. The number of halogens is 3. The number of hydrogen-bond acceptors (Lipinski definition) is 4. The summed E-state index contributed by atoms with van der Waals surface area (Å²) < 4.78 is 39.9. The largest absolute Gasteiger partial charge is 0.573 e. The number of rotatable bonds is 3. The Labute approximate surface area is 93.7 Å². The number of hydroxylamine groups is 1. The van der Waals surface area contributed by atoms with Crippen molar-refractivity contribution >= 4 is 12.0 Å². The zero-order valence-corrected chi connectivity index (χ0v) is 8.19. The first kappa shape index (κ1) is 12.8. The molecular weight excluding hydrogens is 239 g/mol. The highest BCUT2D eigenvalue weighted by Crippen LogP contribution is 2.32. The third-order valence-corrected chi connectivity index (χ3v) is 1.58. The summed E-state index contributed by atoms with van der Waals surface area (Å²) in [4.78, 5) is 3.46. The molecule has 17 heavy (non-hydrogen) atoms. The number of benzene rings is 1. The molecule has 0 amide bonds. The molecule has 0 aliphatic rings. The molecule has 2 N–H and O–H groups in total. The maximum atomic E-state index is 12.1. The van der Waals surface area contributed by atoms with Crippen LogP contribution in [0, 0.1) is 11.3 Å². The van der Waals surface area contributed by atoms with E-state index in [4.69, 9.17) is 10.5 Å². The molecule has 5 nitrogen and oxygen atoms in total. The number of ether oxygens (including phenoxy) is 1. The molecule has 0 fully saturated rings. The number of nitrogens with one attached hydrogen (secondary N) is 1. The number of hydrogen-bond donors (Lipinski definition) is 2. The van der Waals surface area contributed by atoms with E-state index >= 15 is 0 Å². The first-order chi connectivity index (χ1) is 7.96. The Balaban J connectivity index is 3.12. The fourth-order valence-corrected chi connectivity index (χ4v) is 0.995. The number of nitriles is 1. The van der Waals surface area contributed by atoms with E-state index < -0.39 is 12.1 Å². The summed E-state index contributed by atoms with van der Waals surface area (Å²) in [5.41, 5.74) is 1.36. The average Bonchev–Trinajstić information content (AvgIpc) is 2.25. The molecule has 1 aromatic carbocycles. The molecule has 0 saturated carbocycles. The van der Waals surface area contributed by atoms with E-state index in [1.165, 1.54) is 6.07 Å². The van der Waals surface area contributed by atoms with Gasteiger partial charge in [-0.2, -0.15) is 5.26 Å². The van der Waals surface area contributed by atoms with Gasteiger partial charge in [-0.1, -0.05) is 0 Å². The molecule has 0 aliphatic heterocycles. The topological polar surface area (TPSA) is 77.6 Å². The van der Waals surface area contributed by atoms with E-state index in [9.17, 15) is 13.2 Å². The first-order valence-corrected chi connectivity index (χ1v) is 4.18. The summed E-state index contributed by atoms with van der Waals surface area (Å²) in [5.74, 6) is -0.622. The van der Waals surface area contributed by atoms with Crippen LogP contribution in [-0.4, -0.2) is 17.9 Å². The highest BCUT2D eigenvalue weighted by Gasteiger charge is 2.32. The smallest absolute Gasteiger partial charge is 0.403 e. The Kier molecular flexibility index (Phi) is 3.90. The highest BCUT2D eigenvalue weighted by molar-refractivity contribution is 5.65. The normalized spacial score (nSPS) is 11.2. The third kappa shape index (κ3) is 4.00. The molecule has 0 aromatic heterocycles. The summed E-state index contributed by atoms with van der Waals surface area (Å²) in [5, 5.41) is 16.8. The Morgan fingerprint density at radius 3 is 2.71 bits per heavy atom. The molecule has 0 aliphatic carbocycles. The van der Waals surface area contributed by atoms with Crippen LogP contribution in [0.5, 0.6) is 5.75 Å². The zero-order valence-electron chi connectivity index (χ0n) is 8.19. The molecule has 0 unspecified atom stereocenters. The van der Waals surface area contributed by atoms with E-state index in [1.807, 2.05) is 0 Å². The average molecular weight is 245 g/mol. The first-order valence-electron chi connectivity index (χ1n) is 4.18. The number of alkyl halides is 3. The van der Waals surface area contributed by atoms with Crippen LogP contribution in [0.4, 0.5) is 18.9 Å². The Bertz CT molecular complexity index is 466. The van der Waals surface area contributed by atoms with Gasteiger partial charge in [-0.05, 0) is 12.1 Å². The summed E-state index contributed by atoms with van der Waals surface area (Å²) >= 11 is 0. The van der Waals surface area contributed by atoms with Gasteiger partial charge in [0.25, 0.3) is 0 Å². The van der Waals surface area contributed by atoms with E-state index in [2.05, 4.69) is 9.73 Å². The van der Waals surface area contributed by atoms with E-state index in [0.717, 1.165) is 18.5 Å². The van der Waals surface area contributed by atoms with Crippen molar-refractivity contribution in [1.82, 2.24) is 5.48 Å². The second-order valence-electron chi connectivity index (χ2n) is 2.73. The van der Waals surface area contributed by atoms with Crippen molar-refractivity contribution in [3.8, 4) is 11.8 Å². The standard InChI is InChI=1S/C9H6F3N3O2/c10-9(11,12)17-8-3-6(4-13)1-2-7(8)14-5-15-16/h1-3,5,16H,(H,14,15). The van der Waals surface area contributed by atoms with Crippen molar-refractivity contribution in [3.63, 3.8) is 0 Å². The van der Waals surface area contributed by atoms with Gasteiger partial charge in [-0.25, -0.2) is 4.99 Å². The van der Waals surface area contributed by atoms with Crippen molar-refractivity contribution in [3.05, 3.63) is 23.8 Å². The lowest BCUT2D eigenvalue weighted by atomic mass is 10.2. The van der Waals surface area contributed by atoms with Crippen molar-refractivity contribution in [2.75, 3.05) is 0 Å². The van der Waals surface area contributed by atoms with Crippen molar-refractivity contribution in [2.24, 2.45) is 4.99 Å². The minimum absolute atomic E-state index is 0.000146. The minimum atomic E-state index is -4.88. The highest BCUT2D eigenvalue weighted by atomic mass is 19.4. The van der Waals surface area contributed by atoms with Crippen LogP contribution in [0.1, 0.15) is 5.56 Å². The molecule has 0 radical (unpaired) electrons. The molecule has 8 heteroatoms. The SMILES string of the molecule is N#Cc1ccc(N=CNO)c(OC(F)(F)F)c1. The van der Waals surface area contributed by atoms with Gasteiger partial charge < -0.3 is 4.74 Å². The third-order valence-electron chi connectivity index (χ3n) is 1.58. The summed E-state index contributed by atoms with van der Waals surface area (Å²) in [6.45, 7) is 0. The van der Waals surface area contributed by atoms with Gasteiger partial charge in [0, 0.05) is 6.07 Å². The fraction of sp³-hybridized carbons (Fsp3) is 0.111. The summed E-state index contributed by atoms with van der Waals surface area (Å²) in [6.07, 6.45) is -4.12. The van der Waals surface area contributed by atoms with Gasteiger partial charge in [0.15, 0.2) is 5.75 Å². The van der Waals surface area contributed by atoms with E-state index in [0.29, 0.717) is 0 Å². The van der Waals surface area contributed by atoms with E-state index in [-0.39, 0.29) is 11.3 Å². The quantitative estimate of drug-likeness (QED) is 0.485. The zero-order chi connectivity index (χ0) is 12.9. The second kappa shape index (κ2) is 5.18. The predicted octanol–water partition coefficient (Wildman–Crippen LogP) is 2.10. The molecule has 0 bridgehead atoms. The van der Waals surface area contributed by atoms with Crippen LogP contribution in [0.15, 0.2) is 23.2 Å². The lowest BCUT2D eigenvalue weighted by Gasteiger charge is -2.10. The molecule has 1 rings (SSSR count). The van der Waals surface area contributed by atoms with Gasteiger partial charge >= 0.3 is 6.36 Å².